The van der Waals surface area contributed by atoms with Gasteiger partial charge in [0, 0.05) is 22.1 Å². The third-order valence-corrected chi connectivity index (χ3v) is 11.1. The van der Waals surface area contributed by atoms with E-state index in [4.69, 9.17) is 9.97 Å². The highest BCUT2D eigenvalue weighted by atomic mass is 14.9. The van der Waals surface area contributed by atoms with Gasteiger partial charge in [0.25, 0.3) is 0 Å². The van der Waals surface area contributed by atoms with Crippen molar-refractivity contribution in [2.24, 2.45) is 0 Å². The molecule has 0 atom stereocenters. The third kappa shape index (κ3) is 5.18. The van der Waals surface area contributed by atoms with E-state index in [2.05, 4.69) is 178 Å². The number of fused-ring (bicyclic) bond motifs is 5. The molecule has 0 aliphatic heterocycles. The van der Waals surface area contributed by atoms with Crippen LogP contribution >= 0.6 is 0 Å². The third-order valence-electron chi connectivity index (χ3n) is 11.1. The van der Waals surface area contributed by atoms with E-state index in [0.717, 1.165) is 33.6 Å². The molecule has 2 nitrogen and oxygen atoms in total. The van der Waals surface area contributed by atoms with Crippen LogP contribution in [0.1, 0.15) is 25.0 Å². The van der Waals surface area contributed by atoms with Crippen LogP contribution in [-0.2, 0) is 5.41 Å². The van der Waals surface area contributed by atoms with Gasteiger partial charge in [0.05, 0.1) is 11.4 Å². The Morgan fingerprint density at radius 3 is 1.83 bits per heavy atom. The summed E-state index contributed by atoms with van der Waals surface area (Å²) in [6.07, 6.45) is 0. The Balaban J connectivity index is 1.15. The van der Waals surface area contributed by atoms with Crippen molar-refractivity contribution in [1.29, 1.82) is 0 Å². The van der Waals surface area contributed by atoms with Gasteiger partial charge in [-0.15, -0.1) is 0 Å². The molecule has 0 unspecified atom stereocenters. The van der Waals surface area contributed by atoms with Gasteiger partial charge < -0.3 is 0 Å². The molecule has 10 rings (SSSR count). The van der Waals surface area contributed by atoms with Crippen LogP contribution in [0.25, 0.3) is 88.8 Å². The van der Waals surface area contributed by atoms with Gasteiger partial charge in [-0.1, -0.05) is 178 Å². The van der Waals surface area contributed by atoms with Crippen LogP contribution in [0.2, 0.25) is 0 Å². The van der Waals surface area contributed by atoms with Crippen molar-refractivity contribution in [2.45, 2.75) is 19.3 Å². The van der Waals surface area contributed by atoms with Crippen LogP contribution in [0.5, 0.6) is 0 Å². The average molecular weight is 677 g/mol. The van der Waals surface area contributed by atoms with Crippen molar-refractivity contribution in [3.8, 4) is 67.3 Å². The molecule has 1 aliphatic rings. The zero-order valence-electron chi connectivity index (χ0n) is 29.7. The summed E-state index contributed by atoms with van der Waals surface area (Å²) in [7, 11) is 0. The van der Waals surface area contributed by atoms with E-state index < -0.39 is 0 Å². The first-order chi connectivity index (χ1) is 26.0. The molecule has 8 aromatic carbocycles. The van der Waals surface area contributed by atoms with Crippen LogP contribution in [0.15, 0.2) is 182 Å². The minimum Gasteiger partial charge on any atom is -0.228 e. The Bertz CT molecular complexity index is 2870. The van der Waals surface area contributed by atoms with Gasteiger partial charge in [-0.05, 0) is 84.3 Å². The monoisotopic (exact) mass is 676 g/mol. The minimum absolute atomic E-state index is 0.0610. The molecular weight excluding hydrogens is 641 g/mol. The molecule has 0 N–H and O–H groups in total. The van der Waals surface area contributed by atoms with E-state index >= 15 is 0 Å². The summed E-state index contributed by atoms with van der Waals surface area (Å²) in [5, 5.41) is 4.85. The maximum atomic E-state index is 5.26. The van der Waals surface area contributed by atoms with Crippen molar-refractivity contribution in [3.05, 3.63) is 193 Å². The summed E-state index contributed by atoms with van der Waals surface area (Å²) >= 11 is 0. The van der Waals surface area contributed by atoms with Crippen LogP contribution in [-0.4, -0.2) is 9.97 Å². The Morgan fingerprint density at radius 1 is 0.358 bits per heavy atom. The second-order valence-electron chi connectivity index (χ2n) is 14.6. The molecule has 1 heterocycles. The summed E-state index contributed by atoms with van der Waals surface area (Å²) in [6, 6.07) is 65.4. The van der Waals surface area contributed by atoms with Crippen molar-refractivity contribution in [3.63, 3.8) is 0 Å². The molecule has 1 aliphatic carbocycles. The molecule has 0 saturated carbocycles. The smallest absolute Gasteiger partial charge is 0.160 e. The van der Waals surface area contributed by atoms with Crippen LogP contribution in [0.4, 0.5) is 0 Å². The van der Waals surface area contributed by atoms with E-state index in [-0.39, 0.29) is 5.41 Å². The molecule has 0 radical (unpaired) electrons. The van der Waals surface area contributed by atoms with Gasteiger partial charge >= 0.3 is 0 Å². The van der Waals surface area contributed by atoms with Crippen molar-refractivity contribution >= 4 is 21.5 Å². The van der Waals surface area contributed by atoms with Crippen molar-refractivity contribution < 1.29 is 0 Å². The van der Waals surface area contributed by atoms with E-state index in [0.29, 0.717) is 5.82 Å². The summed E-state index contributed by atoms with van der Waals surface area (Å²) in [5.41, 5.74) is 15.1. The summed E-state index contributed by atoms with van der Waals surface area (Å²) in [5.74, 6) is 0.710. The Morgan fingerprint density at radius 2 is 0.962 bits per heavy atom. The highest BCUT2D eigenvalue weighted by Gasteiger charge is 2.36. The summed E-state index contributed by atoms with van der Waals surface area (Å²) in [6.45, 7) is 4.69. The number of hydrogen-bond donors (Lipinski definition) is 0. The van der Waals surface area contributed by atoms with Gasteiger partial charge in [-0.25, -0.2) is 9.97 Å². The molecule has 53 heavy (non-hydrogen) atoms. The number of benzene rings is 8. The number of nitrogens with zero attached hydrogens (tertiary/aromatic N) is 2. The minimum atomic E-state index is -0.0610. The van der Waals surface area contributed by atoms with Crippen LogP contribution in [0.3, 0.4) is 0 Å². The van der Waals surface area contributed by atoms with E-state index in [1.807, 2.05) is 18.2 Å². The molecule has 0 saturated heterocycles. The first-order valence-electron chi connectivity index (χ1n) is 18.3. The molecule has 250 valence electrons. The number of aromatic nitrogens is 2. The fourth-order valence-electron chi connectivity index (χ4n) is 8.41. The lowest BCUT2D eigenvalue weighted by Crippen LogP contribution is -2.14. The highest BCUT2D eigenvalue weighted by Crippen LogP contribution is 2.53. The maximum Gasteiger partial charge on any atom is 0.160 e. The van der Waals surface area contributed by atoms with Gasteiger partial charge in [-0.3, -0.25) is 0 Å². The van der Waals surface area contributed by atoms with Gasteiger partial charge in [-0.2, -0.15) is 0 Å². The fraction of sp³-hybridized carbons (Fsp3) is 0.0588. The molecule has 0 amide bonds. The molecule has 0 spiro atoms. The Labute approximate surface area is 310 Å². The normalized spacial score (nSPS) is 12.9. The Hall–Kier alpha value is -6.64. The van der Waals surface area contributed by atoms with E-state index in [1.165, 1.54) is 60.5 Å². The second-order valence-corrected chi connectivity index (χ2v) is 14.6. The molecule has 2 heteroatoms. The summed E-state index contributed by atoms with van der Waals surface area (Å²) < 4.78 is 0. The average Bonchev–Trinajstić information content (AvgIpc) is 3.46. The van der Waals surface area contributed by atoms with Gasteiger partial charge in [0.2, 0.25) is 0 Å². The maximum absolute atomic E-state index is 5.26. The van der Waals surface area contributed by atoms with Crippen LogP contribution in [0, 0.1) is 0 Å². The fourth-order valence-corrected chi connectivity index (χ4v) is 8.41. The highest BCUT2D eigenvalue weighted by molar-refractivity contribution is 6.08. The first kappa shape index (κ1) is 31.1. The Kier molecular flexibility index (Phi) is 7.19. The van der Waals surface area contributed by atoms with Gasteiger partial charge in [0.1, 0.15) is 0 Å². The van der Waals surface area contributed by atoms with E-state index in [1.54, 1.807) is 0 Å². The lowest BCUT2D eigenvalue weighted by atomic mass is 9.81. The lowest BCUT2D eigenvalue weighted by molar-refractivity contribution is 0.660. The SMILES string of the molecule is CC1(C)c2ccccc2-c2c(-c3ccc(-c4cc(-c5cccc(-c6ccc7ccccc7c6)c5)nc(-c5ccccc5)n4)c4ccccc34)cccc21. The molecular formula is C51H36N2. The first-order valence-corrected chi connectivity index (χ1v) is 18.3. The summed E-state index contributed by atoms with van der Waals surface area (Å²) in [4.78, 5) is 10.5. The topological polar surface area (TPSA) is 25.8 Å². The van der Waals surface area contributed by atoms with E-state index in [9.17, 15) is 0 Å². The second kappa shape index (κ2) is 12.3. The zero-order chi connectivity index (χ0) is 35.5. The van der Waals surface area contributed by atoms with Crippen molar-refractivity contribution in [1.82, 2.24) is 9.97 Å². The predicted molar refractivity (Wildman–Crippen MR) is 222 cm³/mol. The standard InChI is InChI=1S/C51H36N2/c1-51(2)45-24-11-10-22-44(45)49-43(23-13-25-46(49)51)41-28-29-42(40-21-9-8-20-39(40)41)48-32-47(52-50(53-48)34-15-4-3-5-16-34)38-19-12-18-36(31-38)37-27-26-33-14-6-7-17-35(33)30-37/h3-32H,1-2H3. The van der Waals surface area contributed by atoms with Crippen molar-refractivity contribution in [2.75, 3.05) is 0 Å². The molecule has 9 aromatic rings. The lowest BCUT2D eigenvalue weighted by Gasteiger charge is -2.22. The molecule has 0 bridgehead atoms. The largest absolute Gasteiger partial charge is 0.228 e. The zero-order valence-corrected chi connectivity index (χ0v) is 29.7. The molecule has 1 aromatic heterocycles. The molecule has 0 fully saturated rings. The predicted octanol–water partition coefficient (Wildman–Crippen LogP) is 13.4. The number of hydrogen-bond acceptors (Lipinski definition) is 2. The number of rotatable bonds is 5. The van der Waals surface area contributed by atoms with Gasteiger partial charge in [0.15, 0.2) is 5.82 Å². The van der Waals surface area contributed by atoms with Crippen LogP contribution < -0.4 is 0 Å². The quantitative estimate of drug-likeness (QED) is 0.181.